The summed E-state index contributed by atoms with van der Waals surface area (Å²) >= 11 is 0. The zero-order valence-electron chi connectivity index (χ0n) is 17.6. The van der Waals surface area contributed by atoms with Gasteiger partial charge in [0.05, 0.1) is 44.6 Å². The van der Waals surface area contributed by atoms with E-state index in [9.17, 15) is 4.79 Å². The molecular weight excluding hydrogens is 372 g/mol. The Kier molecular flexibility index (Phi) is 6.97. The molecule has 5 nitrogen and oxygen atoms in total. The lowest BCUT2D eigenvalue weighted by Crippen LogP contribution is -2.60. The Morgan fingerprint density at radius 2 is 2.04 bits per heavy atom. The summed E-state index contributed by atoms with van der Waals surface area (Å²) in [6, 6.07) is 11.2. The molecule has 2 aliphatic heterocycles. The van der Waals surface area contributed by atoms with Gasteiger partial charge in [0.2, 0.25) is 0 Å². The normalized spacial score (nSPS) is 31.8. The van der Waals surface area contributed by atoms with Gasteiger partial charge in [0.1, 0.15) is 0 Å². The van der Waals surface area contributed by atoms with Crippen LogP contribution < -0.4 is 0 Å². The quantitative estimate of drug-likeness (QED) is 0.499. The molecule has 4 atom stereocenters. The second kappa shape index (κ2) is 9.07. The molecule has 156 valence electrons. The molecule has 0 amide bonds. The molecule has 2 fully saturated rings. The number of benzene rings is 1. The summed E-state index contributed by atoms with van der Waals surface area (Å²) in [6.45, 7) is 10.1. The maximum Gasteiger partial charge on any atom is 0.308 e. The number of hydrogen-bond acceptors (Lipinski definition) is 5. The van der Waals surface area contributed by atoms with Gasteiger partial charge < -0.3 is 18.6 Å². The average molecular weight is 407 g/mol. The molecule has 6 heteroatoms. The van der Waals surface area contributed by atoms with Crippen molar-refractivity contribution >= 4 is 14.3 Å². The lowest BCUT2D eigenvalue weighted by molar-refractivity contribution is -0.202. The molecule has 1 aromatic rings. The summed E-state index contributed by atoms with van der Waals surface area (Å²) in [5.41, 5.74) is 0.999. The Bertz CT molecular complexity index is 650. The molecule has 0 radical (unpaired) electrons. The fourth-order valence-electron chi connectivity index (χ4n) is 4.32. The highest BCUT2D eigenvalue weighted by Crippen LogP contribution is 2.49. The number of rotatable bonds is 7. The average Bonchev–Trinajstić information content (AvgIpc) is 2.64. The van der Waals surface area contributed by atoms with Crippen molar-refractivity contribution in [2.24, 2.45) is 5.41 Å². The van der Waals surface area contributed by atoms with E-state index in [-0.39, 0.29) is 36.1 Å². The number of hydrogen-bond donors (Lipinski definition) is 0. The summed E-state index contributed by atoms with van der Waals surface area (Å²) in [5.74, 6) is -0.194. The highest BCUT2D eigenvalue weighted by molar-refractivity contribution is 6.71. The number of esters is 1. The van der Waals surface area contributed by atoms with Crippen LogP contribution in [0.15, 0.2) is 30.3 Å². The maximum absolute atomic E-state index is 12.2. The van der Waals surface area contributed by atoms with Crippen LogP contribution in [0.25, 0.3) is 0 Å². The highest BCUT2D eigenvalue weighted by Gasteiger charge is 2.54. The summed E-state index contributed by atoms with van der Waals surface area (Å²) in [6.07, 6.45) is 1.99. The molecule has 28 heavy (non-hydrogen) atoms. The van der Waals surface area contributed by atoms with Crippen molar-refractivity contribution in [3.8, 4) is 0 Å². The summed E-state index contributed by atoms with van der Waals surface area (Å²) in [7, 11) is -1.66. The predicted octanol–water partition coefficient (Wildman–Crippen LogP) is 4.31. The Morgan fingerprint density at radius 3 is 2.75 bits per heavy atom. The first-order valence-corrected chi connectivity index (χ1v) is 13.5. The zero-order chi connectivity index (χ0) is 20.2. The van der Waals surface area contributed by atoms with E-state index in [1.165, 1.54) is 0 Å². The largest absolute Gasteiger partial charge is 0.466 e. The molecule has 3 rings (SSSR count). The van der Waals surface area contributed by atoms with E-state index in [1.54, 1.807) is 0 Å². The van der Waals surface area contributed by atoms with Gasteiger partial charge in [-0.25, -0.2) is 0 Å². The number of fused-ring (bicyclic) bond motifs is 1. The molecular formula is C22H34O5Si. The van der Waals surface area contributed by atoms with Crippen molar-refractivity contribution in [3.05, 3.63) is 35.9 Å². The predicted molar refractivity (Wildman–Crippen MR) is 111 cm³/mol. The van der Waals surface area contributed by atoms with Crippen LogP contribution in [0.4, 0.5) is 0 Å². The third-order valence-corrected chi connectivity index (χ3v) is 8.48. The second-order valence-corrected chi connectivity index (χ2v) is 13.1. The van der Waals surface area contributed by atoms with Gasteiger partial charge in [0.25, 0.3) is 0 Å². The molecule has 0 N–H and O–H groups in total. The molecule has 0 aliphatic carbocycles. The van der Waals surface area contributed by atoms with Gasteiger partial charge in [-0.2, -0.15) is 0 Å². The SMILES string of the molecule is CCOC(=O)C[C@H]1O[C@@H](COCc2ccccc2)C[C@@H]2O[Si](C)(C)CC[C@@]21C. The third kappa shape index (κ3) is 5.23. The van der Waals surface area contributed by atoms with Crippen LogP contribution in [0.1, 0.15) is 38.7 Å². The van der Waals surface area contributed by atoms with Crippen molar-refractivity contribution in [3.63, 3.8) is 0 Å². The fraction of sp³-hybridized carbons (Fsp3) is 0.682. The summed E-state index contributed by atoms with van der Waals surface area (Å²) in [5, 5.41) is 0. The van der Waals surface area contributed by atoms with Crippen molar-refractivity contribution in [1.82, 2.24) is 0 Å². The first kappa shape index (κ1) is 21.5. The Hall–Kier alpha value is -1.21. The number of carbonyl (C=O) groups is 1. The fourth-order valence-corrected chi connectivity index (χ4v) is 6.71. The lowest BCUT2D eigenvalue weighted by Gasteiger charge is -2.55. The van der Waals surface area contributed by atoms with Gasteiger partial charge in [-0.15, -0.1) is 0 Å². The molecule has 1 aromatic carbocycles. The van der Waals surface area contributed by atoms with E-state index >= 15 is 0 Å². The zero-order valence-corrected chi connectivity index (χ0v) is 18.6. The summed E-state index contributed by atoms with van der Waals surface area (Å²) < 4.78 is 24.1. The highest BCUT2D eigenvalue weighted by atomic mass is 28.4. The first-order chi connectivity index (χ1) is 13.3. The van der Waals surface area contributed by atoms with Crippen LogP contribution in [0.2, 0.25) is 19.1 Å². The Labute approximate surface area is 169 Å². The van der Waals surface area contributed by atoms with Gasteiger partial charge in [0.15, 0.2) is 8.32 Å². The van der Waals surface area contributed by atoms with Crippen LogP contribution in [0.5, 0.6) is 0 Å². The van der Waals surface area contributed by atoms with E-state index in [2.05, 4.69) is 32.2 Å². The molecule has 2 heterocycles. The van der Waals surface area contributed by atoms with Crippen LogP contribution in [0.3, 0.4) is 0 Å². The minimum Gasteiger partial charge on any atom is -0.466 e. The minimum atomic E-state index is -1.66. The molecule has 2 aliphatic rings. The maximum atomic E-state index is 12.2. The molecule has 0 spiro atoms. The number of carbonyl (C=O) groups excluding carboxylic acids is 1. The second-order valence-electron chi connectivity index (χ2n) is 8.86. The molecule has 0 aromatic heterocycles. The van der Waals surface area contributed by atoms with Gasteiger partial charge in [-0.1, -0.05) is 37.3 Å². The van der Waals surface area contributed by atoms with E-state index in [4.69, 9.17) is 18.6 Å². The van der Waals surface area contributed by atoms with Crippen LogP contribution in [0, 0.1) is 5.41 Å². The van der Waals surface area contributed by atoms with Crippen molar-refractivity contribution < 1.29 is 23.4 Å². The monoisotopic (exact) mass is 406 g/mol. The summed E-state index contributed by atoms with van der Waals surface area (Å²) in [4.78, 5) is 12.2. The van der Waals surface area contributed by atoms with Crippen molar-refractivity contribution in [1.29, 1.82) is 0 Å². The van der Waals surface area contributed by atoms with Crippen LogP contribution >= 0.6 is 0 Å². The molecule has 0 unspecified atom stereocenters. The topological polar surface area (TPSA) is 54.0 Å². The molecule has 0 saturated carbocycles. The van der Waals surface area contributed by atoms with E-state index in [1.807, 2.05) is 25.1 Å². The molecule has 2 saturated heterocycles. The first-order valence-electron chi connectivity index (χ1n) is 10.4. The van der Waals surface area contributed by atoms with E-state index in [0.29, 0.717) is 19.8 Å². The molecule has 0 bridgehead atoms. The van der Waals surface area contributed by atoms with Gasteiger partial charge in [-0.05, 0) is 38.0 Å². The smallest absolute Gasteiger partial charge is 0.308 e. The third-order valence-electron chi connectivity index (χ3n) is 6.10. The number of ether oxygens (including phenoxy) is 3. The Morgan fingerprint density at radius 1 is 1.29 bits per heavy atom. The van der Waals surface area contributed by atoms with Gasteiger partial charge in [-0.3, -0.25) is 4.79 Å². The van der Waals surface area contributed by atoms with Gasteiger partial charge in [0, 0.05) is 11.8 Å². The Balaban J connectivity index is 1.66. The van der Waals surface area contributed by atoms with Crippen LogP contribution in [-0.4, -0.2) is 45.8 Å². The van der Waals surface area contributed by atoms with Crippen molar-refractivity contribution in [2.45, 2.75) is 77.2 Å². The lowest BCUT2D eigenvalue weighted by atomic mass is 9.71. The van der Waals surface area contributed by atoms with E-state index < -0.39 is 8.32 Å². The van der Waals surface area contributed by atoms with Crippen LogP contribution in [-0.2, 0) is 30.0 Å². The minimum absolute atomic E-state index is 0.0656. The van der Waals surface area contributed by atoms with Crippen molar-refractivity contribution in [2.75, 3.05) is 13.2 Å². The standard InChI is InChI=1S/C22H34O5Si/c1-5-25-21(23)14-19-22(2)11-12-28(3,4)27-20(22)13-18(26-19)16-24-15-17-9-7-6-8-10-17/h6-10,18-20H,5,11-16H2,1-4H3/t18-,19-,20+,22-/m1/s1. The van der Waals surface area contributed by atoms with Gasteiger partial charge >= 0.3 is 5.97 Å². The van der Waals surface area contributed by atoms with E-state index in [0.717, 1.165) is 24.4 Å².